The molecule has 2 fully saturated rings. The number of aliphatic hydroxyl groups excluding tert-OH is 4. The number of hydrogen-bond donors (Lipinski definition) is 17. The van der Waals surface area contributed by atoms with Crippen LogP contribution in [0.15, 0.2) is 22.2 Å². The van der Waals surface area contributed by atoms with Crippen LogP contribution in [-0.2, 0) is 58.8 Å². The summed E-state index contributed by atoms with van der Waals surface area (Å²) in [5.41, 5.74) is 13.7. The first kappa shape index (κ1) is 67.5. The highest BCUT2D eigenvalue weighted by molar-refractivity contribution is 7.68. The molecule has 4 aromatic rings. The van der Waals surface area contributed by atoms with Gasteiger partial charge >= 0.3 is 46.5 Å². The molecule has 0 aliphatic carbocycles. The molecule has 0 amide bonds. The molecule has 0 aromatic carbocycles. The molecule has 0 saturated carbocycles. The summed E-state index contributed by atoms with van der Waals surface area (Å²) in [4.78, 5) is 114. The molecule has 2 saturated heterocycles. The molecule has 0 spiro atoms. The number of H-pyrrole nitrogens is 2. The molecule has 418 valence electrons. The maximum atomic E-state index is 12.0. The van der Waals surface area contributed by atoms with Crippen molar-refractivity contribution >= 4 is 80.7 Å². The molecule has 6 heterocycles. The molecule has 20 N–H and O–H groups in total. The van der Waals surface area contributed by atoms with E-state index in [2.05, 4.69) is 70.0 Å². The monoisotopic (exact) mass is 1180 g/mol. The lowest BCUT2D eigenvalue weighted by molar-refractivity contribution is -0.0503. The topological polar surface area (TPSA) is 615 Å². The minimum atomic E-state index is -5.50. The summed E-state index contributed by atoms with van der Waals surface area (Å²) in [6.07, 6.45) is -6.09. The van der Waals surface area contributed by atoms with Crippen molar-refractivity contribution in [1.82, 2.24) is 39.0 Å². The zero-order valence-electron chi connectivity index (χ0n) is 37.3. The SMILES string of the molecule is C.C#CC.CCP(=O)(O)O.CCP(=O)(O)OP(=O)(O)OP(=O)(O)OCC1OC(n2cnc3c(=O)[nH]c(N)nc32)C(O)C1O.CN.Nc1nc2c(ncn2C2OC(COP(=O)(O)OP(=O)(O)O)C(O)C2O)c(=O)[nH]1. The lowest BCUT2D eigenvalue weighted by atomic mass is 10.1. The van der Waals surface area contributed by atoms with Crippen LogP contribution in [0.4, 0.5) is 11.9 Å². The van der Waals surface area contributed by atoms with Crippen LogP contribution in [0.1, 0.15) is 40.7 Å². The van der Waals surface area contributed by atoms with Gasteiger partial charge in [0.05, 0.1) is 25.9 Å². The maximum Gasteiger partial charge on any atom is 0.488 e. The number of aromatic nitrogens is 8. The van der Waals surface area contributed by atoms with E-state index in [1.165, 1.54) is 14.0 Å². The van der Waals surface area contributed by atoms with Crippen molar-refractivity contribution in [2.75, 3.05) is 44.1 Å². The van der Waals surface area contributed by atoms with Gasteiger partial charge in [0.25, 0.3) is 11.1 Å². The summed E-state index contributed by atoms with van der Waals surface area (Å²) >= 11 is 0. The Bertz CT molecular complexity index is 2920. The highest BCUT2D eigenvalue weighted by Gasteiger charge is 2.48. The fourth-order valence-electron chi connectivity index (χ4n) is 5.33. The number of hydrogen-bond acceptors (Lipinski definition) is 26. The van der Waals surface area contributed by atoms with Crippen LogP contribution in [0.3, 0.4) is 0 Å². The van der Waals surface area contributed by atoms with E-state index in [0.717, 1.165) is 28.7 Å². The van der Waals surface area contributed by atoms with Crippen LogP contribution < -0.4 is 28.3 Å². The third-order valence-corrected chi connectivity index (χ3v) is 16.1. The minimum absolute atomic E-state index is 0. The smallest absolute Gasteiger partial charge is 0.387 e. The Kier molecular flexibility index (Phi) is 25.4. The van der Waals surface area contributed by atoms with E-state index in [-0.39, 0.29) is 47.8 Å². The zero-order valence-corrected chi connectivity index (χ0v) is 42.6. The van der Waals surface area contributed by atoms with Crippen molar-refractivity contribution in [2.24, 2.45) is 5.73 Å². The van der Waals surface area contributed by atoms with E-state index in [0.29, 0.717) is 0 Å². The molecule has 4 aromatic heterocycles. The molecular weight excluding hydrogens is 1120 g/mol. The van der Waals surface area contributed by atoms with Crippen LogP contribution in [0, 0.1) is 12.3 Å². The molecule has 2 aliphatic rings. The number of nitrogens with zero attached hydrogens (tertiary/aromatic N) is 6. The van der Waals surface area contributed by atoms with Crippen LogP contribution >= 0.6 is 46.5 Å². The average molecular weight is 1180 g/mol. The number of anilines is 2. The zero-order chi connectivity index (χ0) is 55.5. The van der Waals surface area contributed by atoms with Crippen LogP contribution in [-0.4, -0.2) is 168 Å². The Morgan fingerprint density at radius 1 is 0.658 bits per heavy atom. The number of aromatic amines is 2. The lowest BCUT2D eigenvalue weighted by Gasteiger charge is -2.20. The lowest BCUT2D eigenvalue weighted by Crippen LogP contribution is -2.33. The number of fused-ring (bicyclic) bond motifs is 2. The highest BCUT2D eigenvalue weighted by atomic mass is 31.3. The van der Waals surface area contributed by atoms with Gasteiger partial charge in [0.1, 0.15) is 36.6 Å². The third-order valence-electron chi connectivity index (χ3n) is 8.39. The quantitative estimate of drug-likeness (QED) is 0.0403. The number of nitrogens with two attached hydrogens (primary N) is 3. The van der Waals surface area contributed by atoms with Crippen molar-refractivity contribution in [1.29, 1.82) is 0 Å². The fraction of sp³-hybridized carbons (Fsp3) is 0.586. The molecule has 38 nitrogen and oxygen atoms in total. The second kappa shape index (κ2) is 27.5. The van der Waals surface area contributed by atoms with E-state index < -0.39 is 126 Å². The summed E-state index contributed by atoms with van der Waals surface area (Å²) in [6.45, 7) is 2.43. The van der Waals surface area contributed by atoms with Crippen molar-refractivity contribution in [3.8, 4) is 12.3 Å². The molecule has 73 heavy (non-hydrogen) atoms. The number of nitrogen functional groups attached to an aromatic ring is 2. The number of aliphatic hydroxyl groups is 4. The maximum absolute atomic E-state index is 12.0. The van der Waals surface area contributed by atoms with Gasteiger partial charge in [0.2, 0.25) is 11.9 Å². The number of nitrogens with one attached hydrogen (secondary N) is 2. The molecule has 0 bridgehead atoms. The standard InChI is InChI=1S/C12H20N5O13P3.C10H15N5O11P2.C3H4.C2H7O3P.CH5N.CH4/c1-2-31(21,22)29-33(25,26)30-32(23,24)27-3-5-7(18)8(19)11(28-5)17-4-14-6-9(17)15-12(13)16-10(6)20;11-10-13-7-4(8(18)14-10)12-2-15(7)9-6(17)5(16)3(25-9)1-24-28(22,23)26-27(19,20)21;1-3-2;1-2-6(3,4)5;1-2;/h4-5,7-8,11,18-19H,2-3H2,1H3,(H,21,22)(H,23,24)(H,25,26)(H3,13,15,16,20);2-3,5-6,9,16-17H,1H2,(H,22,23)(H2,19,20,21)(H3,11,13,14,18);1H,2H3;2H2,1H3,(H2,3,4,5);2H2,1H3;1H4. The van der Waals surface area contributed by atoms with Gasteiger partial charge in [0, 0.05) is 12.3 Å². The summed E-state index contributed by atoms with van der Waals surface area (Å²) in [5.74, 6) is 1.76. The van der Waals surface area contributed by atoms with Gasteiger partial charge in [0.15, 0.2) is 34.8 Å². The number of rotatable bonds is 16. The molecule has 12 atom stereocenters. The number of phosphoric acid groups is 4. The van der Waals surface area contributed by atoms with Gasteiger partial charge in [-0.15, -0.1) is 12.3 Å². The molecule has 2 aliphatic heterocycles. The first-order chi connectivity index (χ1) is 33.0. The minimum Gasteiger partial charge on any atom is -0.387 e. The summed E-state index contributed by atoms with van der Waals surface area (Å²) in [7, 11) is -28.1. The number of phosphoric ester groups is 2. The fourth-order valence-corrected chi connectivity index (χ4v) is 10.6. The number of imidazole rings is 2. The number of ether oxygens (including phenoxy) is 2. The molecule has 12 unspecified atom stereocenters. The third kappa shape index (κ3) is 20.2. The predicted molar refractivity (Wildman–Crippen MR) is 248 cm³/mol. The van der Waals surface area contributed by atoms with E-state index in [4.69, 9.17) is 40.5 Å². The Morgan fingerprint density at radius 2 is 1.00 bits per heavy atom. The van der Waals surface area contributed by atoms with Crippen LogP contribution in [0.2, 0.25) is 0 Å². The van der Waals surface area contributed by atoms with E-state index in [1.54, 1.807) is 6.92 Å². The Balaban J connectivity index is 0.000000606. The van der Waals surface area contributed by atoms with Crippen molar-refractivity contribution < 1.29 is 118 Å². The van der Waals surface area contributed by atoms with Crippen LogP contribution in [0.5, 0.6) is 0 Å². The first-order valence-corrected chi connectivity index (χ1v) is 28.8. The normalized spacial score (nSPS) is 24.9. The highest BCUT2D eigenvalue weighted by Crippen LogP contribution is 2.67. The van der Waals surface area contributed by atoms with Gasteiger partial charge in [-0.25, -0.2) is 32.5 Å². The summed E-state index contributed by atoms with van der Waals surface area (Å²) < 4.78 is 100. The van der Waals surface area contributed by atoms with Crippen LogP contribution in [0.25, 0.3) is 22.3 Å². The second-order valence-corrected chi connectivity index (χ2v) is 23.7. The molecule has 6 rings (SSSR count). The van der Waals surface area contributed by atoms with Gasteiger partial charge in [-0.2, -0.15) is 18.6 Å². The largest absolute Gasteiger partial charge is 0.488 e. The van der Waals surface area contributed by atoms with Gasteiger partial charge in [-0.05, 0) is 14.0 Å². The van der Waals surface area contributed by atoms with Gasteiger partial charge in [-0.1, -0.05) is 21.3 Å². The van der Waals surface area contributed by atoms with Crippen molar-refractivity contribution in [3.63, 3.8) is 0 Å². The number of terminal acetylenes is 1. The molecule has 0 radical (unpaired) electrons. The average Bonchev–Trinajstić information content (AvgIpc) is 4.00. The second-order valence-electron chi connectivity index (χ2n) is 13.6. The predicted octanol–water partition coefficient (Wildman–Crippen LogP) is -2.64. The molecular formula is C29H55N11O27P6. The Morgan fingerprint density at radius 3 is 1.32 bits per heavy atom. The first-order valence-electron chi connectivity index (χ1n) is 19.3. The van der Waals surface area contributed by atoms with E-state index in [1.807, 2.05) is 0 Å². The Hall–Kier alpha value is -3.56. The summed E-state index contributed by atoms with van der Waals surface area (Å²) in [6, 6.07) is 0. The summed E-state index contributed by atoms with van der Waals surface area (Å²) in [5, 5.41) is 40.8. The molecule has 44 heteroatoms. The Labute approximate surface area is 410 Å². The van der Waals surface area contributed by atoms with Crippen molar-refractivity contribution in [2.45, 2.75) is 77.3 Å². The van der Waals surface area contributed by atoms with Crippen molar-refractivity contribution in [3.05, 3.63) is 33.4 Å². The van der Waals surface area contributed by atoms with E-state index in [9.17, 15) is 77.0 Å². The van der Waals surface area contributed by atoms with Gasteiger partial charge < -0.3 is 86.2 Å². The van der Waals surface area contributed by atoms with Gasteiger partial charge in [-0.3, -0.25) is 46.9 Å². The van der Waals surface area contributed by atoms with E-state index >= 15 is 0 Å².